The highest BCUT2D eigenvalue weighted by Gasteiger charge is 2.28. The summed E-state index contributed by atoms with van der Waals surface area (Å²) in [6.07, 6.45) is 1.99. The maximum absolute atomic E-state index is 11.3. The van der Waals surface area contributed by atoms with Crippen molar-refractivity contribution in [2.75, 3.05) is 12.4 Å². The lowest BCUT2D eigenvalue weighted by atomic mass is 9.76. The third kappa shape index (κ3) is 3.47. The van der Waals surface area contributed by atoms with Gasteiger partial charge in [-0.05, 0) is 18.4 Å². The van der Waals surface area contributed by atoms with Gasteiger partial charge in [0.15, 0.2) is 0 Å². The molecule has 2 nitrogen and oxygen atoms in total. The molecule has 1 aromatic rings. The first-order valence-corrected chi connectivity index (χ1v) is 6.60. The monoisotopic (exact) mass is 253 g/mol. The first kappa shape index (κ1) is 14.0. The first-order chi connectivity index (χ1) is 8.18. The molecule has 0 atom stereocenters. The molecule has 94 valence electrons. The van der Waals surface area contributed by atoms with Crippen molar-refractivity contribution in [3.05, 3.63) is 35.9 Å². The van der Waals surface area contributed by atoms with Gasteiger partial charge in [-0.3, -0.25) is 4.79 Å². The highest BCUT2D eigenvalue weighted by Crippen LogP contribution is 2.30. The van der Waals surface area contributed by atoms with Gasteiger partial charge in [-0.15, -0.1) is 11.6 Å². The Labute approximate surface area is 108 Å². The van der Waals surface area contributed by atoms with Crippen molar-refractivity contribution in [3.8, 4) is 0 Å². The average molecular weight is 254 g/mol. The molecule has 0 aliphatic heterocycles. The summed E-state index contributed by atoms with van der Waals surface area (Å²) in [5.74, 6) is -0.0768. The quantitative estimate of drug-likeness (QED) is 0.776. The zero-order valence-corrected chi connectivity index (χ0v) is 11.3. The highest BCUT2D eigenvalue weighted by atomic mass is 35.5. The summed E-state index contributed by atoms with van der Waals surface area (Å²) < 4.78 is 0. The molecule has 1 N–H and O–H groups in total. The predicted molar refractivity (Wildman–Crippen MR) is 72.4 cm³/mol. The van der Waals surface area contributed by atoms with Gasteiger partial charge >= 0.3 is 0 Å². The van der Waals surface area contributed by atoms with Crippen LogP contribution in [0.2, 0.25) is 0 Å². The van der Waals surface area contributed by atoms with Crippen LogP contribution in [0.25, 0.3) is 0 Å². The molecule has 0 saturated carbocycles. The summed E-state index contributed by atoms with van der Waals surface area (Å²) in [5, 5.41) is 2.90. The van der Waals surface area contributed by atoms with E-state index in [2.05, 4.69) is 31.3 Å². The number of carbonyl (C=O) groups excluding carboxylic acids is 1. The Bertz CT molecular complexity index is 346. The smallest absolute Gasteiger partial charge is 0.234 e. The Morgan fingerprint density at radius 2 is 1.82 bits per heavy atom. The van der Waals surface area contributed by atoms with Gasteiger partial charge in [-0.1, -0.05) is 44.2 Å². The number of amides is 1. The fraction of sp³-hybridized carbons (Fsp3) is 0.500. The molecule has 0 bridgehead atoms. The molecule has 0 aliphatic rings. The predicted octanol–water partition coefficient (Wildman–Crippen LogP) is 3.10. The molecule has 1 rings (SSSR count). The summed E-state index contributed by atoms with van der Waals surface area (Å²) in [6.45, 7) is 4.96. The minimum Gasteiger partial charge on any atom is -0.354 e. The Morgan fingerprint density at radius 3 is 2.29 bits per heavy atom. The molecule has 0 radical (unpaired) electrons. The molecule has 1 aromatic carbocycles. The van der Waals surface area contributed by atoms with Gasteiger partial charge in [0.2, 0.25) is 5.91 Å². The third-order valence-electron chi connectivity index (χ3n) is 3.49. The molecular weight excluding hydrogens is 234 g/mol. The van der Waals surface area contributed by atoms with Gasteiger partial charge in [0.25, 0.3) is 0 Å². The number of alkyl halides is 1. The van der Waals surface area contributed by atoms with Crippen molar-refractivity contribution >= 4 is 17.5 Å². The number of benzene rings is 1. The zero-order chi connectivity index (χ0) is 12.7. The molecule has 0 heterocycles. The number of rotatable bonds is 6. The zero-order valence-electron chi connectivity index (χ0n) is 10.5. The van der Waals surface area contributed by atoms with E-state index < -0.39 is 0 Å². The van der Waals surface area contributed by atoms with Crippen molar-refractivity contribution in [1.29, 1.82) is 0 Å². The van der Waals surface area contributed by atoms with E-state index in [0.29, 0.717) is 6.54 Å². The van der Waals surface area contributed by atoms with E-state index in [1.165, 1.54) is 5.56 Å². The first-order valence-electron chi connectivity index (χ1n) is 6.06. The second kappa shape index (κ2) is 6.65. The van der Waals surface area contributed by atoms with E-state index in [0.717, 1.165) is 12.8 Å². The van der Waals surface area contributed by atoms with Crippen molar-refractivity contribution in [2.24, 2.45) is 0 Å². The van der Waals surface area contributed by atoms with Gasteiger partial charge in [0.05, 0.1) is 0 Å². The van der Waals surface area contributed by atoms with Gasteiger partial charge < -0.3 is 5.32 Å². The summed E-state index contributed by atoms with van der Waals surface area (Å²) >= 11 is 5.50. The lowest BCUT2D eigenvalue weighted by Crippen LogP contribution is -2.40. The van der Waals surface area contributed by atoms with Gasteiger partial charge in [-0.2, -0.15) is 0 Å². The van der Waals surface area contributed by atoms with E-state index in [4.69, 9.17) is 11.6 Å². The minimum absolute atomic E-state index is 0.0168. The van der Waals surface area contributed by atoms with Crippen LogP contribution in [0.5, 0.6) is 0 Å². The SMILES string of the molecule is CCC(CC)(CNC(=O)CCl)c1ccccc1. The third-order valence-corrected chi connectivity index (χ3v) is 3.73. The van der Waals surface area contributed by atoms with Gasteiger partial charge in [-0.25, -0.2) is 0 Å². The fourth-order valence-electron chi connectivity index (χ4n) is 2.12. The topological polar surface area (TPSA) is 29.1 Å². The van der Waals surface area contributed by atoms with Crippen LogP contribution in [0.15, 0.2) is 30.3 Å². The summed E-state index contributed by atoms with van der Waals surface area (Å²) in [5.41, 5.74) is 1.29. The average Bonchev–Trinajstić information content (AvgIpc) is 2.41. The van der Waals surface area contributed by atoms with Crippen LogP contribution >= 0.6 is 11.6 Å². The Balaban J connectivity index is 2.86. The Hall–Kier alpha value is -1.02. The second-order valence-corrected chi connectivity index (χ2v) is 4.53. The second-order valence-electron chi connectivity index (χ2n) is 4.26. The van der Waals surface area contributed by atoms with Gasteiger partial charge in [0, 0.05) is 12.0 Å². The van der Waals surface area contributed by atoms with Crippen molar-refractivity contribution < 1.29 is 4.79 Å². The van der Waals surface area contributed by atoms with Gasteiger partial charge in [0.1, 0.15) is 5.88 Å². The lowest BCUT2D eigenvalue weighted by Gasteiger charge is -2.32. The van der Waals surface area contributed by atoms with Crippen LogP contribution in [0.4, 0.5) is 0 Å². The molecule has 17 heavy (non-hydrogen) atoms. The van der Waals surface area contributed by atoms with Crippen molar-refractivity contribution in [1.82, 2.24) is 5.32 Å². The Kier molecular flexibility index (Phi) is 5.49. The summed E-state index contributed by atoms with van der Waals surface area (Å²) in [4.78, 5) is 11.3. The van der Waals surface area contributed by atoms with Crippen LogP contribution in [0.3, 0.4) is 0 Å². The van der Waals surface area contributed by atoms with E-state index in [-0.39, 0.29) is 17.2 Å². The highest BCUT2D eigenvalue weighted by molar-refractivity contribution is 6.27. The summed E-state index contributed by atoms with van der Waals surface area (Å²) in [7, 11) is 0. The molecule has 0 unspecified atom stereocenters. The van der Waals surface area contributed by atoms with Crippen molar-refractivity contribution in [2.45, 2.75) is 32.1 Å². The van der Waals surface area contributed by atoms with Crippen LogP contribution in [-0.2, 0) is 10.2 Å². The van der Waals surface area contributed by atoms with Crippen LogP contribution in [-0.4, -0.2) is 18.3 Å². The number of carbonyl (C=O) groups is 1. The van der Waals surface area contributed by atoms with E-state index in [1.54, 1.807) is 0 Å². The van der Waals surface area contributed by atoms with Crippen LogP contribution < -0.4 is 5.32 Å². The minimum atomic E-state index is -0.103. The van der Waals surface area contributed by atoms with E-state index >= 15 is 0 Å². The van der Waals surface area contributed by atoms with Crippen LogP contribution in [0.1, 0.15) is 32.3 Å². The summed E-state index contributed by atoms with van der Waals surface area (Å²) in [6, 6.07) is 10.3. The molecular formula is C14H20ClNO. The van der Waals surface area contributed by atoms with Crippen molar-refractivity contribution in [3.63, 3.8) is 0 Å². The lowest BCUT2D eigenvalue weighted by molar-refractivity contribution is -0.118. The molecule has 3 heteroatoms. The largest absolute Gasteiger partial charge is 0.354 e. The number of hydrogen-bond acceptors (Lipinski definition) is 1. The van der Waals surface area contributed by atoms with E-state index in [9.17, 15) is 4.79 Å². The van der Waals surface area contributed by atoms with E-state index in [1.807, 2.05) is 18.2 Å². The molecule has 0 aliphatic carbocycles. The maximum atomic E-state index is 11.3. The standard InChI is InChI=1S/C14H20ClNO/c1-3-14(4-2,11-16-13(17)10-15)12-8-6-5-7-9-12/h5-9H,3-4,10-11H2,1-2H3,(H,16,17). The molecule has 0 spiro atoms. The molecule has 1 amide bonds. The fourth-order valence-corrected chi connectivity index (χ4v) is 2.21. The maximum Gasteiger partial charge on any atom is 0.234 e. The molecule has 0 aromatic heterocycles. The number of nitrogens with one attached hydrogen (secondary N) is 1. The molecule has 0 fully saturated rings. The normalized spacial score (nSPS) is 11.2. The number of halogens is 1. The number of hydrogen-bond donors (Lipinski definition) is 1. The van der Waals surface area contributed by atoms with Crippen LogP contribution in [0, 0.1) is 0 Å². The Morgan fingerprint density at radius 1 is 1.24 bits per heavy atom. The molecule has 0 saturated heterocycles.